The number of likely N-dealkylation sites (N-methyl/N-ethyl adjacent to an activating group) is 1. The molecule has 3 heteroatoms. The quantitative estimate of drug-likeness (QED) is 0.720. The van der Waals surface area contributed by atoms with Crippen molar-refractivity contribution >= 4 is 12.0 Å². The van der Waals surface area contributed by atoms with E-state index >= 15 is 0 Å². The van der Waals surface area contributed by atoms with Gasteiger partial charge in [0, 0.05) is 37.2 Å². The molecule has 1 unspecified atom stereocenters. The first-order chi connectivity index (χ1) is 6.74. The number of carbonyl (C=O) groups excluding carboxylic acids is 1. The average molecular weight is 191 g/mol. The van der Waals surface area contributed by atoms with E-state index in [0.29, 0.717) is 12.2 Å². The fourth-order valence-corrected chi connectivity index (χ4v) is 2.12. The fourth-order valence-electron chi connectivity index (χ4n) is 2.12. The predicted octanol–water partition coefficient (Wildman–Crippen LogP) is 1.51. The van der Waals surface area contributed by atoms with Crippen LogP contribution in [0.4, 0.5) is 5.69 Å². The SMILES string of the molecule is CN1CC(CC=O)c2c(O)cccc21. The fraction of sp³-hybridized carbons (Fsp3) is 0.364. The summed E-state index contributed by atoms with van der Waals surface area (Å²) in [5.74, 6) is 0.451. The van der Waals surface area contributed by atoms with Crippen molar-refractivity contribution in [1.82, 2.24) is 0 Å². The van der Waals surface area contributed by atoms with Gasteiger partial charge in [-0.1, -0.05) is 6.07 Å². The van der Waals surface area contributed by atoms with Gasteiger partial charge in [0.1, 0.15) is 12.0 Å². The van der Waals surface area contributed by atoms with Crippen LogP contribution >= 0.6 is 0 Å². The van der Waals surface area contributed by atoms with E-state index < -0.39 is 0 Å². The summed E-state index contributed by atoms with van der Waals surface area (Å²) in [5, 5.41) is 9.70. The summed E-state index contributed by atoms with van der Waals surface area (Å²) in [7, 11) is 1.98. The molecular formula is C11H13NO2. The molecule has 0 amide bonds. The van der Waals surface area contributed by atoms with Gasteiger partial charge in [-0.15, -0.1) is 0 Å². The first-order valence-corrected chi connectivity index (χ1v) is 4.70. The van der Waals surface area contributed by atoms with Crippen LogP contribution in [-0.4, -0.2) is 25.0 Å². The highest BCUT2D eigenvalue weighted by Gasteiger charge is 2.28. The number of hydrogen-bond donors (Lipinski definition) is 1. The number of phenols is 1. The third-order valence-corrected chi connectivity index (χ3v) is 2.75. The number of anilines is 1. The standard InChI is InChI=1S/C11H13NO2/c1-12-7-8(5-6-13)11-9(12)3-2-4-10(11)14/h2-4,6,8,14H,5,7H2,1H3. The second-order valence-corrected chi connectivity index (χ2v) is 3.69. The molecular weight excluding hydrogens is 178 g/mol. The third-order valence-electron chi connectivity index (χ3n) is 2.75. The Bertz CT molecular complexity index is 362. The Kier molecular flexibility index (Phi) is 2.15. The molecule has 0 aromatic heterocycles. The largest absolute Gasteiger partial charge is 0.508 e. The molecule has 0 saturated heterocycles. The molecule has 1 aliphatic rings. The molecule has 0 saturated carbocycles. The Hall–Kier alpha value is -1.51. The summed E-state index contributed by atoms with van der Waals surface area (Å²) in [5.41, 5.74) is 1.96. The molecule has 1 N–H and O–H groups in total. The lowest BCUT2D eigenvalue weighted by Gasteiger charge is -2.11. The lowest BCUT2D eigenvalue weighted by atomic mass is 9.98. The number of hydrogen-bond acceptors (Lipinski definition) is 3. The van der Waals surface area contributed by atoms with Crippen molar-refractivity contribution in [1.29, 1.82) is 0 Å². The molecule has 0 fully saturated rings. The van der Waals surface area contributed by atoms with Crippen molar-refractivity contribution in [2.75, 3.05) is 18.5 Å². The van der Waals surface area contributed by atoms with Gasteiger partial charge in [0.05, 0.1) is 0 Å². The number of nitrogens with zero attached hydrogens (tertiary/aromatic N) is 1. The van der Waals surface area contributed by atoms with Crippen LogP contribution in [0.3, 0.4) is 0 Å². The first-order valence-electron chi connectivity index (χ1n) is 4.70. The zero-order valence-electron chi connectivity index (χ0n) is 8.10. The molecule has 1 heterocycles. The zero-order valence-corrected chi connectivity index (χ0v) is 8.10. The van der Waals surface area contributed by atoms with Gasteiger partial charge in [0.2, 0.25) is 0 Å². The maximum atomic E-state index is 10.5. The van der Waals surface area contributed by atoms with Crippen molar-refractivity contribution in [2.24, 2.45) is 0 Å². The summed E-state index contributed by atoms with van der Waals surface area (Å²) in [6.07, 6.45) is 1.40. The molecule has 74 valence electrons. The second kappa shape index (κ2) is 3.33. The number of aldehydes is 1. The highest BCUT2D eigenvalue weighted by molar-refractivity contribution is 5.67. The summed E-state index contributed by atoms with van der Waals surface area (Å²) in [4.78, 5) is 12.6. The van der Waals surface area contributed by atoms with Gasteiger partial charge < -0.3 is 14.8 Å². The summed E-state index contributed by atoms with van der Waals surface area (Å²) < 4.78 is 0. The van der Waals surface area contributed by atoms with Gasteiger partial charge in [-0.2, -0.15) is 0 Å². The number of carbonyl (C=O) groups is 1. The minimum absolute atomic E-state index is 0.147. The summed E-state index contributed by atoms with van der Waals surface area (Å²) in [6.45, 7) is 0.811. The molecule has 3 nitrogen and oxygen atoms in total. The molecule has 0 aliphatic carbocycles. The van der Waals surface area contributed by atoms with Crippen molar-refractivity contribution in [3.05, 3.63) is 23.8 Å². The maximum Gasteiger partial charge on any atom is 0.121 e. The van der Waals surface area contributed by atoms with Gasteiger partial charge in [-0.3, -0.25) is 0 Å². The van der Waals surface area contributed by atoms with Crippen LogP contribution in [0, 0.1) is 0 Å². The number of fused-ring (bicyclic) bond motifs is 1. The number of rotatable bonds is 2. The Morgan fingerprint density at radius 2 is 2.43 bits per heavy atom. The van der Waals surface area contributed by atoms with Gasteiger partial charge in [-0.05, 0) is 12.1 Å². The highest BCUT2D eigenvalue weighted by Crippen LogP contribution is 2.41. The molecule has 0 spiro atoms. The topological polar surface area (TPSA) is 40.5 Å². The van der Waals surface area contributed by atoms with Gasteiger partial charge in [-0.25, -0.2) is 0 Å². The number of benzene rings is 1. The zero-order chi connectivity index (χ0) is 10.1. The van der Waals surface area contributed by atoms with Crippen LogP contribution in [-0.2, 0) is 4.79 Å². The van der Waals surface area contributed by atoms with Crippen LogP contribution in [0.1, 0.15) is 17.9 Å². The van der Waals surface area contributed by atoms with Crippen LogP contribution in [0.2, 0.25) is 0 Å². The smallest absolute Gasteiger partial charge is 0.121 e. The van der Waals surface area contributed by atoms with Gasteiger partial charge in [0.25, 0.3) is 0 Å². The highest BCUT2D eigenvalue weighted by atomic mass is 16.3. The molecule has 14 heavy (non-hydrogen) atoms. The van der Waals surface area contributed by atoms with E-state index in [1.54, 1.807) is 6.07 Å². The van der Waals surface area contributed by atoms with E-state index in [0.717, 1.165) is 24.1 Å². The molecule has 0 radical (unpaired) electrons. The van der Waals surface area contributed by atoms with Crippen LogP contribution < -0.4 is 4.90 Å². The normalized spacial score (nSPS) is 19.5. The van der Waals surface area contributed by atoms with E-state index in [4.69, 9.17) is 0 Å². The van der Waals surface area contributed by atoms with Crippen molar-refractivity contribution < 1.29 is 9.90 Å². The second-order valence-electron chi connectivity index (χ2n) is 3.69. The molecule has 2 rings (SSSR count). The minimum atomic E-state index is 0.147. The lowest BCUT2D eigenvalue weighted by molar-refractivity contribution is -0.108. The molecule has 1 aliphatic heterocycles. The molecule has 1 aromatic rings. The van der Waals surface area contributed by atoms with Crippen LogP contribution in [0.15, 0.2) is 18.2 Å². The minimum Gasteiger partial charge on any atom is -0.508 e. The van der Waals surface area contributed by atoms with E-state index in [2.05, 4.69) is 4.90 Å². The van der Waals surface area contributed by atoms with Crippen LogP contribution in [0.5, 0.6) is 5.75 Å². The third kappa shape index (κ3) is 1.25. The van der Waals surface area contributed by atoms with Crippen molar-refractivity contribution in [3.63, 3.8) is 0 Å². The average Bonchev–Trinajstić information content (AvgIpc) is 2.46. The van der Waals surface area contributed by atoms with Crippen LogP contribution in [0.25, 0.3) is 0 Å². The van der Waals surface area contributed by atoms with E-state index in [-0.39, 0.29) is 5.92 Å². The number of phenolic OH excluding ortho intramolecular Hbond substituents is 1. The Balaban J connectivity index is 2.45. The lowest BCUT2D eigenvalue weighted by Crippen LogP contribution is -2.15. The van der Waals surface area contributed by atoms with Gasteiger partial charge >= 0.3 is 0 Å². The maximum absolute atomic E-state index is 10.5. The van der Waals surface area contributed by atoms with E-state index in [9.17, 15) is 9.90 Å². The summed E-state index contributed by atoms with van der Waals surface area (Å²) >= 11 is 0. The molecule has 1 atom stereocenters. The molecule has 0 bridgehead atoms. The van der Waals surface area contributed by atoms with E-state index in [1.165, 1.54) is 0 Å². The number of aromatic hydroxyl groups is 1. The van der Waals surface area contributed by atoms with Gasteiger partial charge in [0.15, 0.2) is 0 Å². The first kappa shape index (κ1) is 9.06. The van der Waals surface area contributed by atoms with Crippen molar-refractivity contribution in [2.45, 2.75) is 12.3 Å². The Morgan fingerprint density at radius 3 is 3.14 bits per heavy atom. The summed E-state index contributed by atoms with van der Waals surface area (Å²) in [6, 6.07) is 5.48. The molecule has 1 aromatic carbocycles. The van der Waals surface area contributed by atoms with E-state index in [1.807, 2.05) is 19.2 Å². The monoisotopic (exact) mass is 191 g/mol. The Labute approximate surface area is 83.0 Å². The Morgan fingerprint density at radius 1 is 1.64 bits per heavy atom. The predicted molar refractivity (Wildman–Crippen MR) is 54.8 cm³/mol. The van der Waals surface area contributed by atoms with Crippen molar-refractivity contribution in [3.8, 4) is 5.75 Å².